The van der Waals surface area contributed by atoms with Crippen molar-refractivity contribution >= 4 is 17.4 Å². The van der Waals surface area contributed by atoms with Gasteiger partial charge in [-0.3, -0.25) is 0 Å². The van der Waals surface area contributed by atoms with Crippen LogP contribution in [0.4, 0.5) is 5.69 Å². The summed E-state index contributed by atoms with van der Waals surface area (Å²) in [6.45, 7) is 2.86. The summed E-state index contributed by atoms with van der Waals surface area (Å²) in [4.78, 5) is 0. The van der Waals surface area contributed by atoms with Crippen molar-refractivity contribution in [2.75, 3.05) is 23.4 Å². The molecule has 1 aromatic carbocycles. The van der Waals surface area contributed by atoms with Gasteiger partial charge in [-0.1, -0.05) is 18.2 Å². The molecule has 0 aromatic heterocycles. The van der Waals surface area contributed by atoms with Crippen LogP contribution in [0.1, 0.15) is 12.0 Å². The Morgan fingerprint density at radius 3 is 2.94 bits per heavy atom. The van der Waals surface area contributed by atoms with E-state index in [4.69, 9.17) is 5.73 Å². The van der Waals surface area contributed by atoms with Crippen molar-refractivity contribution < 1.29 is 0 Å². The molecule has 3 N–H and O–H groups in total. The van der Waals surface area contributed by atoms with Crippen LogP contribution in [-0.4, -0.2) is 24.1 Å². The molecule has 0 radical (unpaired) electrons. The molecule has 0 saturated carbocycles. The number of nitrogens with two attached hydrogens (primary N) is 1. The number of hydrogen-bond donors (Lipinski definition) is 2. The molecule has 1 aromatic rings. The number of nitrogens with one attached hydrogen (secondary N) is 1. The van der Waals surface area contributed by atoms with E-state index in [9.17, 15) is 0 Å². The number of hydrogen-bond acceptors (Lipinski definition) is 3. The fourth-order valence-corrected chi connectivity index (χ4v) is 3.51. The topological polar surface area (TPSA) is 38.0 Å². The van der Waals surface area contributed by atoms with Crippen LogP contribution in [0.15, 0.2) is 24.3 Å². The van der Waals surface area contributed by atoms with E-state index in [-0.39, 0.29) is 0 Å². The second kappa shape index (κ2) is 5.60. The van der Waals surface area contributed by atoms with E-state index in [0.717, 1.165) is 12.5 Å². The molecule has 0 amide bonds. The lowest BCUT2D eigenvalue weighted by Gasteiger charge is -2.24. The predicted octanol–water partition coefficient (Wildman–Crippen LogP) is 2.49. The average molecular weight is 236 g/mol. The summed E-state index contributed by atoms with van der Waals surface area (Å²) in [7, 11) is 0. The molecule has 0 aliphatic carbocycles. The maximum Gasteiger partial charge on any atom is 0.0420 e. The SMILES string of the molecule is Cc1ccccc1NC(CN)C1CCSC1. The third-order valence-electron chi connectivity index (χ3n) is 3.27. The third kappa shape index (κ3) is 2.71. The molecule has 1 heterocycles. The second-order valence-corrected chi connectivity index (χ2v) is 5.57. The van der Waals surface area contributed by atoms with Gasteiger partial charge in [0.15, 0.2) is 0 Å². The molecular weight excluding hydrogens is 216 g/mol. The molecule has 1 fully saturated rings. The van der Waals surface area contributed by atoms with Crippen LogP contribution < -0.4 is 11.1 Å². The summed E-state index contributed by atoms with van der Waals surface area (Å²) in [6, 6.07) is 8.85. The van der Waals surface area contributed by atoms with Gasteiger partial charge in [0.25, 0.3) is 0 Å². The lowest BCUT2D eigenvalue weighted by molar-refractivity contribution is 0.499. The highest BCUT2D eigenvalue weighted by Gasteiger charge is 2.24. The van der Waals surface area contributed by atoms with E-state index in [1.54, 1.807) is 0 Å². The lowest BCUT2D eigenvalue weighted by Crippen LogP contribution is -2.36. The minimum absolute atomic E-state index is 0.427. The van der Waals surface area contributed by atoms with Crippen LogP contribution in [0, 0.1) is 12.8 Å². The van der Waals surface area contributed by atoms with E-state index >= 15 is 0 Å². The van der Waals surface area contributed by atoms with Crippen molar-refractivity contribution in [2.24, 2.45) is 11.7 Å². The Labute approximate surface area is 102 Å². The Kier molecular flexibility index (Phi) is 4.13. The Bertz CT molecular complexity index is 334. The minimum Gasteiger partial charge on any atom is -0.381 e. The van der Waals surface area contributed by atoms with E-state index in [1.165, 1.54) is 29.2 Å². The fourth-order valence-electron chi connectivity index (χ4n) is 2.17. The molecule has 2 rings (SSSR count). The summed E-state index contributed by atoms with van der Waals surface area (Å²) in [5, 5.41) is 3.60. The Balaban J connectivity index is 2.03. The fraction of sp³-hybridized carbons (Fsp3) is 0.538. The number of aryl methyl sites for hydroxylation is 1. The van der Waals surface area contributed by atoms with Gasteiger partial charge < -0.3 is 11.1 Å². The zero-order valence-corrected chi connectivity index (χ0v) is 10.6. The average Bonchev–Trinajstić information content (AvgIpc) is 2.81. The first-order valence-electron chi connectivity index (χ1n) is 5.91. The van der Waals surface area contributed by atoms with Crippen molar-refractivity contribution in [1.82, 2.24) is 0 Å². The van der Waals surface area contributed by atoms with Crippen LogP contribution >= 0.6 is 11.8 Å². The van der Waals surface area contributed by atoms with Gasteiger partial charge in [0.05, 0.1) is 0 Å². The molecule has 3 heteroatoms. The lowest BCUT2D eigenvalue weighted by atomic mass is 9.98. The summed E-state index contributed by atoms with van der Waals surface area (Å²) >= 11 is 2.05. The maximum absolute atomic E-state index is 5.88. The zero-order valence-electron chi connectivity index (χ0n) is 9.78. The molecule has 0 spiro atoms. The minimum atomic E-state index is 0.427. The molecule has 2 unspecified atom stereocenters. The Morgan fingerprint density at radius 2 is 2.31 bits per heavy atom. The molecule has 16 heavy (non-hydrogen) atoms. The normalized spacial score (nSPS) is 22.0. The predicted molar refractivity (Wildman–Crippen MR) is 73.1 cm³/mol. The summed E-state index contributed by atoms with van der Waals surface area (Å²) in [5.41, 5.74) is 8.41. The maximum atomic E-state index is 5.88. The van der Waals surface area contributed by atoms with Gasteiger partial charge in [0, 0.05) is 18.3 Å². The van der Waals surface area contributed by atoms with Crippen LogP contribution in [0.25, 0.3) is 0 Å². The van der Waals surface area contributed by atoms with Crippen LogP contribution in [0.5, 0.6) is 0 Å². The van der Waals surface area contributed by atoms with Gasteiger partial charge in [-0.25, -0.2) is 0 Å². The molecule has 1 saturated heterocycles. The Morgan fingerprint density at radius 1 is 1.50 bits per heavy atom. The van der Waals surface area contributed by atoms with Crippen molar-refractivity contribution in [3.05, 3.63) is 29.8 Å². The van der Waals surface area contributed by atoms with E-state index in [2.05, 4.69) is 36.5 Å². The summed E-state index contributed by atoms with van der Waals surface area (Å²) in [6.07, 6.45) is 1.30. The van der Waals surface area contributed by atoms with Gasteiger partial charge >= 0.3 is 0 Å². The first-order chi connectivity index (χ1) is 7.81. The second-order valence-electron chi connectivity index (χ2n) is 4.43. The Hall–Kier alpha value is -0.670. The molecule has 88 valence electrons. The third-order valence-corrected chi connectivity index (χ3v) is 4.46. The number of benzene rings is 1. The molecular formula is C13H20N2S. The monoisotopic (exact) mass is 236 g/mol. The van der Waals surface area contributed by atoms with Crippen molar-refractivity contribution in [2.45, 2.75) is 19.4 Å². The molecule has 1 aliphatic rings. The van der Waals surface area contributed by atoms with E-state index in [0.29, 0.717) is 6.04 Å². The highest BCUT2D eigenvalue weighted by Crippen LogP contribution is 2.28. The van der Waals surface area contributed by atoms with E-state index in [1.807, 2.05) is 11.8 Å². The first-order valence-corrected chi connectivity index (χ1v) is 7.06. The highest BCUT2D eigenvalue weighted by molar-refractivity contribution is 7.99. The summed E-state index contributed by atoms with van der Waals surface area (Å²) < 4.78 is 0. The van der Waals surface area contributed by atoms with Gasteiger partial charge in [-0.2, -0.15) is 11.8 Å². The van der Waals surface area contributed by atoms with Gasteiger partial charge in [-0.15, -0.1) is 0 Å². The number of rotatable bonds is 4. The number of para-hydroxylation sites is 1. The zero-order chi connectivity index (χ0) is 11.4. The first kappa shape index (κ1) is 11.8. The van der Waals surface area contributed by atoms with Crippen molar-refractivity contribution in [3.63, 3.8) is 0 Å². The quantitative estimate of drug-likeness (QED) is 0.843. The standard InChI is InChI=1S/C13H20N2S/c1-10-4-2-3-5-12(10)15-13(8-14)11-6-7-16-9-11/h2-5,11,13,15H,6-9,14H2,1H3. The number of anilines is 1. The largest absolute Gasteiger partial charge is 0.381 e. The van der Waals surface area contributed by atoms with Gasteiger partial charge in [0.1, 0.15) is 0 Å². The van der Waals surface area contributed by atoms with Crippen molar-refractivity contribution in [1.29, 1.82) is 0 Å². The van der Waals surface area contributed by atoms with E-state index < -0.39 is 0 Å². The molecule has 1 aliphatic heterocycles. The highest BCUT2D eigenvalue weighted by atomic mass is 32.2. The van der Waals surface area contributed by atoms with Gasteiger partial charge in [0.2, 0.25) is 0 Å². The van der Waals surface area contributed by atoms with Crippen LogP contribution in [0.3, 0.4) is 0 Å². The van der Waals surface area contributed by atoms with Gasteiger partial charge in [-0.05, 0) is 42.4 Å². The summed E-state index contributed by atoms with van der Waals surface area (Å²) in [5.74, 6) is 3.27. The molecule has 2 atom stereocenters. The molecule has 2 nitrogen and oxygen atoms in total. The smallest absolute Gasteiger partial charge is 0.0420 e. The van der Waals surface area contributed by atoms with Crippen LogP contribution in [-0.2, 0) is 0 Å². The molecule has 0 bridgehead atoms. The van der Waals surface area contributed by atoms with Crippen LogP contribution in [0.2, 0.25) is 0 Å². The van der Waals surface area contributed by atoms with Crippen molar-refractivity contribution in [3.8, 4) is 0 Å². The number of thioether (sulfide) groups is 1.